The maximum absolute atomic E-state index is 5.00. The lowest BCUT2D eigenvalue weighted by Gasteiger charge is -2.28. The van der Waals surface area contributed by atoms with E-state index in [-0.39, 0.29) is 6.04 Å². The fourth-order valence-corrected chi connectivity index (χ4v) is 4.64. The summed E-state index contributed by atoms with van der Waals surface area (Å²) in [5.41, 5.74) is 6.18. The van der Waals surface area contributed by atoms with Crippen LogP contribution in [0.3, 0.4) is 0 Å². The van der Waals surface area contributed by atoms with Crippen molar-refractivity contribution in [2.75, 3.05) is 0 Å². The molecule has 0 N–H and O–H groups in total. The van der Waals surface area contributed by atoms with Crippen molar-refractivity contribution in [1.82, 2.24) is 19.9 Å². The molecule has 4 heteroatoms. The van der Waals surface area contributed by atoms with Crippen LogP contribution in [0.15, 0.2) is 109 Å². The Morgan fingerprint density at radius 1 is 0.514 bits per heavy atom. The van der Waals surface area contributed by atoms with E-state index in [0.29, 0.717) is 13.1 Å². The van der Waals surface area contributed by atoms with Gasteiger partial charge in [-0.2, -0.15) is 0 Å². The molecule has 35 heavy (non-hydrogen) atoms. The quantitative estimate of drug-likeness (QED) is 0.269. The Morgan fingerprint density at radius 2 is 0.943 bits per heavy atom. The van der Waals surface area contributed by atoms with Gasteiger partial charge in [0.25, 0.3) is 0 Å². The molecular weight excluding hydrogens is 428 g/mol. The molecule has 0 fully saturated rings. The first kappa shape index (κ1) is 21.4. The van der Waals surface area contributed by atoms with Gasteiger partial charge in [-0.1, -0.05) is 72.8 Å². The van der Waals surface area contributed by atoms with Gasteiger partial charge in [-0.3, -0.25) is 19.9 Å². The second kappa shape index (κ2) is 9.24. The second-order valence-electron chi connectivity index (χ2n) is 9.00. The molecule has 170 valence electrons. The van der Waals surface area contributed by atoms with E-state index >= 15 is 0 Å². The van der Waals surface area contributed by atoms with Gasteiger partial charge in [-0.05, 0) is 43.3 Å². The van der Waals surface area contributed by atoms with Crippen LogP contribution in [0.5, 0.6) is 0 Å². The normalized spacial score (nSPS) is 12.5. The maximum atomic E-state index is 5.00. The number of para-hydroxylation sites is 3. The smallest absolute Gasteiger partial charge is 0.0706 e. The van der Waals surface area contributed by atoms with E-state index in [1.165, 1.54) is 0 Å². The van der Waals surface area contributed by atoms with Crippen LogP contribution in [-0.2, 0) is 13.1 Å². The van der Waals surface area contributed by atoms with Gasteiger partial charge in [0, 0.05) is 29.2 Å². The first-order valence-electron chi connectivity index (χ1n) is 12.0. The molecule has 0 aliphatic heterocycles. The Balaban J connectivity index is 1.37. The number of hydrogen-bond acceptors (Lipinski definition) is 4. The lowest BCUT2D eigenvalue weighted by atomic mass is 10.1. The van der Waals surface area contributed by atoms with Gasteiger partial charge in [-0.15, -0.1) is 0 Å². The summed E-state index contributed by atoms with van der Waals surface area (Å²) in [6, 6.07) is 37.8. The SMILES string of the molecule is C[C@@H](c1ccc2ccccc2n1)N(Cc1ccc2ccccc2n1)Cc1ccc2ccccc2n1. The van der Waals surface area contributed by atoms with Crippen molar-refractivity contribution < 1.29 is 0 Å². The highest BCUT2D eigenvalue weighted by Crippen LogP contribution is 2.26. The monoisotopic (exact) mass is 454 g/mol. The van der Waals surface area contributed by atoms with Crippen molar-refractivity contribution in [1.29, 1.82) is 0 Å². The van der Waals surface area contributed by atoms with Crippen LogP contribution in [-0.4, -0.2) is 19.9 Å². The molecule has 0 saturated heterocycles. The van der Waals surface area contributed by atoms with Gasteiger partial charge >= 0.3 is 0 Å². The Labute approximate surface area is 204 Å². The molecule has 3 aromatic carbocycles. The highest BCUT2D eigenvalue weighted by Gasteiger charge is 2.20. The third-order valence-corrected chi connectivity index (χ3v) is 6.64. The predicted molar refractivity (Wildman–Crippen MR) is 143 cm³/mol. The number of benzene rings is 3. The zero-order valence-corrected chi connectivity index (χ0v) is 19.7. The van der Waals surface area contributed by atoms with Gasteiger partial charge in [-0.25, -0.2) is 0 Å². The summed E-state index contributed by atoms with van der Waals surface area (Å²) in [6.07, 6.45) is 0. The van der Waals surface area contributed by atoms with Gasteiger partial charge in [0.15, 0.2) is 0 Å². The van der Waals surface area contributed by atoms with Crippen molar-refractivity contribution in [2.24, 2.45) is 0 Å². The van der Waals surface area contributed by atoms with Crippen molar-refractivity contribution in [2.45, 2.75) is 26.1 Å². The molecule has 0 aliphatic carbocycles. The highest BCUT2D eigenvalue weighted by atomic mass is 15.2. The number of fused-ring (bicyclic) bond motifs is 3. The number of rotatable bonds is 6. The summed E-state index contributed by atoms with van der Waals surface area (Å²) in [6.45, 7) is 3.63. The molecule has 1 atom stereocenters. The van der Waals surface area contributed by atoms with E-state index in [1.807, 2.05) is 18.2 Å². The topological polar surface area (TPSA) is 41.9 Å². The fourth-order valence-electron chi connectivity index (χ4n) is 4.64. The van der Waals surface area contributed by atoms with Gasteiger partial charge in [0.1, 0.15) is 0 Å². The Morgan fingerprint density at radius 3 is 1.46 bits per heavy atom. The molecule has 0 saturated carbocycles. The first-order chi connectivity index (χ1) is 17.2. The minimum Gasteiger partial charge on any atom is -0.283 e. The molecule has 0 spiro atoms. The van der Waals surface area contributed by atoms with Crippen LogP contribution in [0.25, 0.3) is 32.7 Å². The molecule has 3 aromatic heterocycles. The molecular formula is C31H26N4. The van der Waals surface area contributed by atoms with Crippen molar-refractivity contribution in [3.63, 3.8) is 0 Å². The number of nitrogens with zero attached hydrogens (tertiary/aromatic N) is 4. The minimum absolute atomic E-state index is 0.0844. The molecule has 6 rings (SSSR count). The zero-order valence-electron chi connectivity index (χ0n) is 19.7. The van der Waals surface area contributed by atoms with Crippen LogP contribution < -0.4 is 0 Å². The molecule has 4 nitrogen and oxygen atoms in total. The number of aromatic nitrogens is 3. The molecule has 0 amide bonds. The Bertz CT molecular complexity index is 1560. The molecule has 0 unspecified atom stereocenters. The van der Waals surface area contributed by atoms with E-state index in [9.17, 15) is 0 Å². The lowest BCUT2D eigenvalue weighted by Crippen LogP contribution is -2.27. The summed E-state index contributed by atoms with van der Waals surface area (Å²) in [7, 11) is 0. The Hall–Kier alpha value is -4.15. The summed E-state index contributed by atoms with van der Waals surface area (Å²) in [5.74, 6) is 0. The largest absolute Gasteiger partial charge is 0.283 e. The van der Waals surface area contributed by atoms with Gasteiger partial charge in [0.2, 0.25) is 0 Å². The second-order valence-corrected chi connectivity index (χ2v) is 9.00. The van der Waals surface area contributed by atoms with E-state index in [1.54, 1.807) is 0 Å². The molecule has 0 aliphatic rings. The summed E-state index contributed by atoms with van der Waals surface area (Å²) in [4.78, 5) is 17.3. The third kappa shape index (κ3) is 4.48. The Kier molecular flexibility index (Phi) is 5.65. The molecule has 0 bridgehead atoms. The van der Waals surface area contributed by atoms with E-state index in [2.05, 4.69) is 103 Å². The van der Waals surface area contributed by atoms with Crippen LogP contribution in [0.1, 0.15) is 30.0 Å². The van der Waals surface area contributed by atoms with Crippen LogP contribution in [0, 0.1) is 0 Å². The van der Waals surface area contributed by atoms with Crippen LogP contribution in [0.2, 0.25) is 0 Å². The summed E-state index contributed by atoms with van der Waals surface area (Å²) < 4.78 is 0. The number of hydrogen-bond donors (Lipinski definition) is 0. The average Bonchev–Trinajstić information content (AvgIpc) is 2.92. The van der Waals surface area contributed by atoms with Gasteiger partial charge < -0.3 is 0 Å². The van der Waals surface area contributed by atoms with E-state index < -0.39 is 0 Å². The molecule has 0 radical (unpaired) electrons. The maximum Gasteiger partial charge on any atom is 0.0706 e. The highest BCUT2D eigenvalue weighted by molar-refractivity contribution is 5.79. The molecule has 3 heterocycles. The van der Waals surface area contributed by atoms with E-state index in [4.69, 9.17) is 15.0 Å². The van der Waals surface area contributed by atoms with Crippen molar-refractivity contribution >= 4 is 32.7 Å². The average molecular weight is 455 g/mol. The standard InChI is InChI=1S/C31H26N4/c1-22(28-19-16-25-10-4-7-13-31(25)34-28)35(20-26-17-14-23-8-2-5-11-29(23)32-26)21-27-18-15-24-9-3-6-12-30(24)33-27/h2-19,22H,20-21H2,1H3/t22-/m0/s1. The van der Waals surface area contributed by atoms with Crippen LogP contribution >= 0.6 is 0 Å². The lowest BCUT2D eigenvalue weighted by molar-refractivity contribution is 0.184. The van der Waals surface area contributed by atoms with Gasteiger partial charge in [0.05, 0.1) is 39.7 Å². The van der Waals surface area contributed by atoms with Crippen molar-refractivity contribution in [3.05, 3.63) is 126 Å². The zero-order chi connectivity index (χ0) is 23.6. The minimum atomic E-state index is 0.0844. The molecule has 6 aromatic rings. The van der Waals surface area contributed by atoms with Crippen LogP contribution in [0.4, 0.5) is 0 Å². The summed E-state index contributed by atoms with van der Waals surface area (Å²) >= 11 is 0. The first-order valence-corrected chi connectivity index (χ1v) is 12.0. The fraction of sp³-hybridized carbons (Fsp3) is 0.129. The summed E-state index contributed by atoms with van der Waals surface area (Å²) in [5, 5.41) is 3.47. The predicted octanol–water partition coefficient (Wildman–Crippen LogP) is 7.09. The third-order valence-electron chi connectivity index (χ3n) is 6.64. The van der Waals surface area contributed by atoms with Crippen molar-refractivity contribution in [3.8, 4) is 0 Å². The number of pyridine rings is 3. The van der Waals surface area contributed by atoms with E-state index in [0.717, 1.165) is 49.8 Å².